The fourth-order valence-corrected chi connectivity index (χ4v) is 5.64. The van der Waals surface area contributed by atoms with Gasteiger partial charge in [0.05, 0.1) is 18.5 Å². The first-order valence-electron chi connectivity index (χ1n) is 14.3. The minimum atomic E-state index is -0.231. The van der Waals surface area contributed by atoms with Gasteiger partial charge in [-0.05, 0) is 66.6 Å². The summed E-state index contributed by atoms with van der Waals surface area (Å²) in [6.07, 6.45) is 0.218. The molecule has 0 saturated carbocycles. The lowest BCUT2D eigenvalue weighted by Gasteiger charge is -2.27. The van der Waals surface area contributed by atoms with E-state index in [0.29, 0.717) is 25.6 Å². The van der Waals surface area contributed by atoms with Crippen LogP contribution in [0.2, 0.25) is 0 Å². The Kier molecular flexibility index (Phi) is 8.26. The molecule has 0 bridgehead atoms. The summed E-state index contributed by atoms with van der Waals surface area (Å²) in [6, 6.07) is 13.9. The van der Waals surface area contributed by atoms with E-state index >= 15 is 0 Å². The number of aromatic nitrogens is 4. The number of fused-ring (bicyclic) bond motifs is 2. The maximum atomic E-state index is 12.8. The molecule has 0 amide bonds. The smallest absolute Gasteiger partial charge is 0.306 e. The monoisotopic (exact) mass is 557 g/mol. The third-order valence-corrected chi connectivity index (χ3v) is 8.05. The molecule has 1 N–H and O–H groups in total. The molecule has 41 heavy (non-hydrogen) atoms. The van der Waals surface area contributed by atoms with Gasteiger partial charge in [0.1, 0.15) is 23.1 Å². The van der Waals surface area contributed by atoms with Crippen molar-refractivity contribution in [3.05, 3.63) is 76.0 Å². The third-order valence-electron chi connectivity index (χ3n) is 8.05. The minimum Gasteiger partial charge on any atom is -0.493 e. The molecule has 9 heteroatoms. The van der Waals surface area contributed by atoms with Crippen molar-refractivity contribution in [2.24, 2.45) is 13.0 Å². The average molecular weight is 558 g/mol. The lowest BCUT2D eigenvalue weighted by atomic mass is 9.84. The van der Waals surface area contributed by atoms with E-state index in [0.717, 1.165) is 45.7 Å². The van der Waals surface area contributed by atoms with E-state index in [4.69, 9.17) is 9.47 Å². The van der Waals surface area contributed by atoms with Crippen LogP contribution < -0.4 is 4.74 Å². The lowest BCUT2D eigenvalue weighted by molar-refractivity contribution is -0.143. The van der Waals surface area contributed by atoms with E-state index < -0.39 is 0 Å². The molecule has 9 nitrogen and oxygen atoms in total. The van der Waals surface area contributed by atoms with Crippen LogP contribution in [0.1, 0.15) is 66.6 Å². The zero-order valence-corrected chi connectivity index (χ0v) is 24.7. The summed E-state index contributed by atoms with van der Waals surface area (Å²) in [6.45, 7) is 12.6. The molecule has 1 unspecified atom stereocenters. The van der Waals surface area contributed by atoms with E-state index in [9.17, 15) is 9.90 Å². The summed E-state index contributed by atoms with van der Waals surface area (Å²) >= 11 is 0. The number of carbonyl (C=O) groups is 1. The Labute approximate surface area is 241 Å². The molecule has 2 atom stereocenters. The van der Waals surface area contributed by atoms with Gasteiger partial charge < -0.3 is 14.6 Å². The summed E-state index contributed by atoms with van der Waals surface area (Å²) in [5.74, 6) is 0.586. The van der Waals surface area contributed by atoms with Crippen molar-refractivity contribution in [3.63, 3.8) is 0 Å². The second kappa shape index (κ2) is 11.9. The Balaban J connectivity index is 1.51. The second-order valence-corrected chi connectivity index (χ2v) is 11.3. The van der Waals surface area contributed by atoms with Gasteiger partial charge in [0.25, 0.3) is 0 Å². The van der Waals surface area contributed by atoms with Crippen molar-refractivity contribution in [3.8, 4) is 11.6 Å². The van der Waals surface area contributed by atoms with Crippen molar-refractivity contribution in [1.82, 2.24) is 24.9 Å². The Morgan fingerprint density at radius 1 is 1.17 bits per heavy atom. The molecule has 216 valence electrons. The van der Waals surface area contributed by atoms with Gasteiger partial charge in [0.2, 0.25) is 5.88 Å². The predicted octanol–water partition coefficient (Wildman–Crippen LogP) is 5.19. The number of aromatic hydroxyl groups is 1. The van der Waals surface area contributed by atoms with Crippen LogP contribution in [0.3, 0.4) is 0 Å². The molecule has 5 rings (SSSR count). The third kappa shape index (κ3) is 6.05. The fraction of sp³-hybridized carbons (Fsp3) is 0.438. The van der Waals surface area contributed by atoms with Crippen LogP contribution in [0.4, 0.5) is 0 Å². The number of pyridine rings is 1. The number of rotatable bonds is 8. The van der Waals surface area contributed by atoms with Crippen molar-refractivity contribution in [2.75, 3.05) is 13.2 Å². The van der Waals surface area contributed by atoms with Gasteiger partial charge in [-0.3, -0.25) is 9.69 Å². The topological polar surface area (TPSA) is 103 Å². The molecular weight excluding hydrogens is 518 g/mol. The van der Waals surface area contributed by atoms with Crippen LogP contribution in [0.5, 0.6) is 11.6 Å². The largest absolute Gasteiger partial charge is 0.493 e. The molecule has 3 heterocycles. The highest BCUT2D eigenvalue weighted by molar-refractivity contribution is 5.80. The first-order chi connectivity index (χ1) is 19.6. The molecule has 0 fully saturated rings. The van der Waals surface area contributed by atoms with Gasteiger partial charge in [-0.1, -0.05) is 43.3 Å². The van der Waals surface area contributed by atoms with Gasteiger partial charge in [-0.25, -0.2) is 9.67 Å². The normalized spacial score (nSPS) is 16.3. The molecule has 4 aromatic rings. The van der Waals surface area contributed by atoms with E-state index in [1.165, 1.54) is 11.1 Å². The summed E-state index contributed by atoms with van der Waals surface area (Å²) in [7, 11) is 1.88. The maximum Gasteiger partial charge on any atom is 0.306 e. The Morgan fingerprint density at radius 3 is 2.73 bits per heavy atom. The molecule has 1 aliphatic heterocycles. The van der Waals surface area contributed by atoms with Crippen LogP contribution in [0.15, 0.2) is 42.5 Å². The molecule has 2 aromatic carbocycles. The number of hydrogen-bond acceptors (Lipinski definition) is 8. The lowest BCUT2D eigenvalue weighted by Crippen LogP contribution is -2.36. The highest BCUT2D eigenvalue weighted by Gasteiger charge is 2.28. The Morgan fingerprint density at radius 2 is 1.98 bits per heavy atom. The number of hydrogen-bond donors (Lipinski definition) is 1. The number of aryl methyl sites for hydroxylation is 3. The molecule has 0 radical (unpaired) electrons. The quantitative estimate of drug-likeness (QED) is 0.295. The molecular formula is C32H39N5O4. The number of esters is 1. The summed E-state index contributed by atoms with van der Waals surface area (Å²) < 4.78 is 13.5. The molecule has 0 spiro atoms. The van der Waals surface area contributed by atoms with E-state index in [1.807, 2.05) is 27.0 Å². The number of benzene rings is 2. The molecule has 0 saturated heterocycles. The number of carbonyl (C=O) groups excluding carboxylic acids is 1. The van der Waals surface area contributed by atoms with Gasteiger partial charge in [0.15, 0.2) is 0 Å². The summed E-state index contributed by atoms with van der Waals surface area (Å²) in [5.41, 5.74) is 7.96. The fourth-order valence-electron chi connectivity index (χ4n) is 5.64. The van der Waals surface area contributed by atoms with Gasteiger partial charge in [-0.2, -0.15) is 0 Å². The van der Waals surface area contributed by atoms with Crippen molar-refractivity contribution in [2.45, 2.75) is 66.2 Å². The van der Waals surface area contributed by atoms with Crippen molar-refractivity contribution in [1.29, 1.82) is 0 Å². The van der Waals surface area contributed by atoms with Crippen molar-refractivity contribution < 1.29 is 19.4 Å². The van der Waals surface area contributed by atoms with Crippen LogP contribution in [0.25, 0.3) is 11.0 Å². The van der Waals surface area contributed by atoms with E-state index in [1.54, 1.807) is 16.8 Å². The van der Waals surface area contributed by atoms with Crippen molar-refractivity contribution >= 4 is 17.0 Å². The van der Waals surface area contributed by atoms with Crippen LogP contribution in [-0.2, 0) is 29.7 Å². The highest BCUT2D eigenvalue weighted by atomic mass is 16.5. The molecule has 1 aliphatic rings. The second-order valence-electron chi connectivity index (χ2n) is 11.3. The molecule has 0 aliphatic carbocycles. The van der Waals surface area contributed by atoms with Gasteiger partial charge in [0, 0.05) is 38.7 Å². The zero-order chi connectivity index (χ0) is 29.3. The highest BCUT2D eigenvalue weighted by Crippen LogP contribution is 2.35. The minimum absolute atomic E-state index is 0.00859. The first kappa shape index (κ1) is 28.5. The van der Waals surface area contributed by atoms with Gasteiger partial charge in [-0.15, -0.1) is 5.10 Å². The standard InChI is InChI=1S/C32H39N5O4/c1-7-40-31(39)15-25(24-10-11-27-32(21(24)5)34-35-36(27)6)22-9-8-20(4)23(14-22)16-37-17-26-28(12-13-30(38)33-26)41-29(18-37)19(2)3/h8-14,19,25,29H,7,15-18H2,1-6H3,(H,33,38)/t25?,29-/m1/s1. The first-order valence-corrected chi connectivity index (χ1v) is 14.3. The van der Waals surface area contributed by atoms with Crippen LogP contribution in [-0.4, -0.2) is 55.2 Å². The van der Waals surface area contributed by atoms with Crippen LogP contribution >= 0.6 is 0 Å². The Bertz CT molecular complexity index is 1560. The van der Waals surface area contributed by atoms with Crippen LogP contribution in [0, 0.1) is 19.8 Å². The van der Waals surface area contributed by atoms with E-state index in [-0.39, 0.29) is 30.3 Å². The van der Waals surface area contributed by atoms with Gasteiger partial charge >= 0.3 is 5.97 Å². The number of ether oxygens (including phenoxy) is 2. The average Bonchev–Trinajstić information content (AvgIpc) is 3.21. The summed E-state index contributed by atoms with van der Waals surface area (Å²) in [5, 5.41) is 18.6. The SMILES string of the molecule is CCOC(=O)CC(c1ccc(C)c(CN2Cc3nc(O)ccc3O[C@@H](C(C)C)C2)c1)c1ccc2c(nnn2C)c1C. The van der Waals surface area contributed by atoms with E-state index in [2.05, 4.69) is 65.2 Å². The summed E-state index contributed by atoms with van der Waals surface area (Å²) in [4.78, 5) is 19.5. The predicted molar refractivity (Wildman–Crippen MR) is 157 cm³/mol. The zero-order valence-electron chi connectivity index (χ0n) is 24.7. The number of nitrogens with zero attached hydrogens (tertiary/aromatic N) is 5. The molecule has 2 aromatic heterocycles. The Hall–Kier alpha value is -3.98. The maximum absolute atomic E-state index is 12.8.